The monoisotopic (exact) mass is 436 g/mol. The van der Waals surface area contributed by atoms with E-state index in [1.54, 1.807) is 17.1 Å². The molecule has 0 bridgehead atoms. The third kappa shape index (κ3) is 4.86. The molecule has 1 N–H and O–H groups in total. The molecule has 0 spiro atoms. The fraction of sp³-hybridized carbons (Fsp3) is 0.333. The third-order valence-electron chi connectivity index (χ3n) is 5.13. The Labute approximate surface area is 187 Å². The number of carbonyl (C=O) groups is 1. The van der Waals surface area contributed by atoms with Crippen LogP contribution in [0.2, 0.25) is 0 Å². The average molecular weight is 437 g/mol. The van der Waals surface area contributed by atoms with Crippen LogP contribution in [-0.2, 0) is 4.74 Å². The summed E-state index contributed by atoms with van der Waals surface area (Å²) in [5.74, 6) is 1.03. The number of nitrogens with zero attached hydrogens (tertiary/aromatic N) is 3. The predicted molar refractivity (Wildman–Crippen MR) is 123 cm³/mol. The van der Waals surface area contributed by atoms with Gasteiger partial charge in [-0.25, -0.2) is 4.68 Å². The molecule has 32 heavy (non-hydrogen) atoms. The highest BCUT2D eigenvalue weighted by Crippen LogP contribution is 2.39. The molecule has 2 heterocycles. The largest absolute Gasteiger partial charge is 0.492 e. The zero-order chi connectivity index (χ0) is 22.3. The fourth-order valence-electron chi connectivity index (χ4n) is 3.60. The zero-order valence-corrected chi connectivity index (χ0v) is 18.4. The van der Waals surface area contributed by atoms with Crippen LogP contribution in [0.3, 0.4) is 0 Å². The molecule has 3 aromatic rings. The number of hydrogen-bond acceptors (Lipinski definition) is 6. The first-order valence-corrected chi connectivity index (χ1v) is 10.9. The molecule has 0 atom stereocenters. The van der Waals surface area contributed by atoms with E-state index >= 15 is 0 Å². The normalized spacial score (nSPS) is 13.6. The first-order valence-electron chi connectivity index (χ1n) is 10.9. The van der Waals surface area contributed by atoms with Crippen molar-refractivity contribution in [2.45, 2.75) is 13.8 Å². The van der Waals surface area contributed by atoms with E-state index in [4.69, 9.17) is 14.2 Å². The Hall–Kier alpha value is -3.52. The van der Waals surface area contributed by atoms with Crippen molar-refractivity contribution in [3.63, 3.8) is 0 Å². The quantitative estimate of drug-likeness (QED) is 0.579. The molecule has 1 amide bonds. The van der Waals surface area contributed by atoms with Gasteiger partial charge in [-0.3, -0.25) is 4.79 Å². The first kappa shape index (κ1) is 21.7. The molecule has 0 saturated carbocycles. The van der Waals surface area contributed by atoms with Crippen LogP contribution in [0.15, 0.2) is 54.9 Å². The molecule has 8 nitrogen and oxygen atoms in total. The van der Waals surface area contributed by atoms with Crippen LogP contribution in [0, 0.1) is 0 Å². The van der Waals surface area contributed by atoms with Gasteiger partial charge in [-0.1, -0.05) is 18.2 Å². The Bertz CT molecular complexity index is 1050. The second kappa shape index (κ2) is 10.2. The number of morpholine rings is 1. The van der Waals surface area contributed by atoms with Crippen molar-refractivity contribution < 1.29 is 19.0 Å². The van der Waals surface area contributed by atoms with Crippen LogP contribution >= 0.6 is 0 Å². The Balaban J connectivity index is 1.61. The van der Waals surface area contributed by atoms with Crippen LogP contribution in [-0.4, -0.2) is 55.2 Å². The summed E-state index contributed by atoms with van der Waals surface area (Å²) in [5, 5.41) is 7.28. The van der Waals surface area contributed by atoms with Gasteiger partial charge < -0.3 is 24.4 Å². The van der Waals surface area contributed by atoms with Gasteiger partial charge in [0, 0.05) is 31.4 Å². The van der Waals surface area contributed by atoms with Gasteiger partial charge in [0.15, 0.2) is 0 Å². The molecule has 8 heteroatoms. The Morgan fingerprint density at radius 3 is 2.50 bits per heavy atom. The summed E-state index contributed by atoms with van der Waals surface area (Å²) in [5.41, 5.74) is 2.83. The number of rotatable bonds is 8. The number of nitrogens with one attached hydrogen (secondary N) is 1. The van der Waals surface area contributed by atoms with Crippen LogP contribution < -0.4 is 19.7 Å². The van der Waals surface area contributed by atoms with E-state index in [2.05, 4.69) is 15.3 Å². The standard InChI is InChI=1S/C24H28N4O4/c1-3-31-22-15-21(27-10-12-30-13-11-27)23(32-4-2)14-20(22)26-24(29)18-16-25-28(17-18)19-8-6-5-7-9-19/h5-9,14-17H,3-4,10-13H2,1-2H3,(H,26,29). The first-order chi connectivity index (χ1) is 15.7. The van der Waals surface area contributed by atoms with Crippen LogP contribution in [0.4, 0.5) is 11.4 Å². The fourth-order valence-corrected chi connectivity index (χ4v) is 3.60. The maximum Gasteiger partial charge on any atom is 0.258 e. The molecule has 1 saturated heterocycles. The van der Waals surface area contributed by atoms with Crippen molar-refractivity contribution in [2.24, 2.45) is 0 Å². The summed E-state index contributed by atoms with van der Waals surface area (Å²) >= 11 is 0. The van der Waals surface area contributed by atoms with Crippen molar-refractivity contribution in [1.29, 1.82) is 0 Å². The third-order valence-corrected chi connectivity index (χ3v) is 5.13. The van der Waals surface area contributed by atoms with Gasteiger partial charge in [-0.05, 0) is 26.0 Å². The zero-order valence-electron chi connectivity index (χ0n) is 18.4. The topological polar surface area (TPSA) is 77.8 Å². The van der Waals surface area contributed by atoms with Gasteiger partial charge in [-0.2, -0.15) is 5.10 Å². The SMILES string of the molecule is CCOc1cc(N2CCOCC2)c(OCC)cc1NC(=O)c1cnn(-c2ccccc2)c1. The van der Waals surface area contributed by atoms with Crippen molar-refractivity contribution >= 4 is 17.3 Å². The number of amides is 1. The lowest BCUT2D eigenvalue weighted by molar-refractivity contribution is 0.102. The number of anilines is 2. The molecule has 1 aliphatic rings. The van der Waals surface area contributed by atoms with E-state index in [0.29, 0.717) is 49.2 Å². The number of para-hydroxylation sites is 1. The van der Waals surface area contributed by atoms with Crippen molar-refractivity contribution in [3.8, 4) is 17.2 Å². The Morgan fingerprint density at radius 1 is 1.06 bits per heavy atom. The second-order valence-electron chi connectivity index (χ2n) is 7.24. The summed E-state index contributed by atoms with van der Waals surface area (Å²) in [6.07, 6.45) is 3.25. The van der Waals surface area contributed by atoms with Crippen molar-refractivity contribution in [3.05, 3.63) is 60.4 Å². The summed E-state index contributed by atoms with van der Waals surface area (Å²) in [6.45, 7) is 7.73. The molecule has 1 fully saturated rings. The predicted octanol–water partition coefficient (Wildman–Crippen LogP) is 3.76. The van der Waals surface area contributed by atoms with E-state index in [-0.39, 0.29) is 5.91 Å². The lowest BCUT2D eigenvalue weighted by Crippen LogP contribution is -2.36. The lowest BCUT2D eigenvalue weighted by atomic mass is 10.2. The highest BCUT2D eigenvalue weighted by Gasteiger charge is 2.21. The Kier molecular flexibility index (Phi) is 6.91. The van der Waals surface area contributed by atoms with Gasteiger partial charge in [0.1, 0.15) is 11.5 Å². The molecule has 0 aliphatic carbocycles. The van der Waals surface area contributed by atoms with Gasteiger partial charge >= 0.3 is 0 Å². The summed E-state index contributed by atoms with van der Waals surface area (Å²) in [6, 6.07) is 13.4. The lowest BCUT2D eigenvalue weighted by Gasteiger charge is -2.31. The maximum absolute atomic E-state index is 13.0. The van der Waals surface area contributed by atoms with E-state index < -0.39 is 0 Å². The summed E-state index contributed by atoms with van der Waals surface area (Å²) in [4.78, 5) is 15.2. The number of hydrogen-bond donors (Lipinski definition) is 1. The van der Waals surface area contributed by atoms with E-state index in [1.165, 1.54) is 0 Å². The van der Waals surface area contributed by atoms with Gasteiger partial charge in [-0.15, -0.1) is 0 Å². The van der Waals surface area contributed by atoms with Gasteiger partial charge in [0.2, 0.25) is 0 Å². The second-order valence-corrected chi connectivity index (χ2v) is 7.24. The van der Waals surface area contributed by atoms with Crippen molar-refractivity contribution in [1.82, 2.24) is 9.78 Å². The number of ether oxygens (including phenoxy) is 3. The highest BCUT2D eigenvalue weighted by atomic mass is 16.5. The molecule has 1 aromatic heterocycles. The molecular weight excluding hydrogens is 408 g/mol. The minimum absolute atomic E-state index is 0.269. The van der Waals surface area contributed by atoms with E-state index in [0.717, 1.165) is 24.5 Å². The average Bonchev–Trinajstić information content (AvgIpc) is 3.33. The molecule has 4 rings (SSSR count). The molecule has 0 radical (unpaired) electrons. The van der Waals surface area contributed by atoms with E-state index in [9.17, 15) is 4.79 Å². The summed E-state index contributed by atoms with van der Waals surface area (Å²) in [7, 11) is 0. The smallest absolute Gasteiger partial charge is 0.258 e. The van der Waals surface area contributed by atoms with Gasteiger partial charge in [0.05, 0.1) is 55.2 Å². The van der Waals surface area contributed by atoms with E-state index in [1.807, 2.05) is 56.3 Å². The van der Waals surface area contributed by atoms with Crippen molar-refractivity contribution in [2.75, 3.05) is 49.7 Å². The molecule has 2 aromatic carbocycles. The number of carbonyl (C=O) groups excluding carboxylic acids is 1. The Morgan fingerprint density at radius 2 is 1.78 bits per heavy atom. The molecular formula is C24H28N4O4. The van der Waals surface area contributed by atoms with Crippen LogP contribution in [0.5, 0.6) is 11.5 Å². The van der Waals surface area contributed by atoms with Crippen LogP contribution in [0.1, 0.15) is 24.2 Å². The van der Waals surface area contributed by atoms with Crippen LogP contribution in [0.25, 0.3) is 5.69 Å². The minimum atomic E-state index is -0.269. The number of aromatic nitrogens is 2. The minimum Gasteiger partial charge on any atom is -0.492 e. The number of benzene rings is 2. The molecule has 168 valence electrons. The molecule has 0 unspecified atom stereocenters. The maximum atomic E-state index is 13.0. The van der Waals surface area contributed by atoms with Gasteiger partial charge in [0.25, 0.3) is 5.91 Å². The summed E-state index contributed by atoms with van der Waals surface area (Å²) < 4.78 is 18.9. The highest BCUT2D eigenvalue weighted by molar-refractivity contribution is 6.05. The molecule has 1 aliphatic heterocycles.